The minimum absolute atomic E-state index is 0.174. The molecule has 1 atom stereocenters. The highest BCUT2D eigenvalue weighted by molar-refractivity contribution is 7.89. The topological polar surface area (TPSA) is 84.0 Å². The first kappa shape index (κ1) is 21.5. The van der Waals surface area contributed by atoms with Crippen molar-refractivity contribution in [2.45, 2.75) is 38.0 Å². The molecule has 3 rings (SSSR count). The molecular weight excluding hydrogens is 392 g/mol. The zero-order valence-corrected chi connectivity index (χ0v) is 17.8. The third-order valence-corrected chi connectivity index (χ3v) is 7.53. The Kier molecular flexibility index (Phi) is 6.74. The van der Waals surface area contributed by atoms with Crippen LogP contribution in [0.5, 0.6) is 0 Å². The lowest BCUT2D eigenvalue weighted by Gasteiger charge is -2.34. The summed E-state index contributed by atoms with van der Waals surface area (Å²) >= 11 is 0. The van der Waals surface area contributed by atoms with Crippen LogP contribution in [0.15, 0.2) is 35.2 Å². The van der Waals surface area contributed by atoms with Crippen molar-refractivity contribution in [3.63, 3.8) is 0 Å². The number of piperazine rings is 1. The minimum Gasteiger partial charge on any atom is -0.455 e. The number of ether oxygens (including phenoxy) is 1. The summed E-state index contributed by atoms with van der Waals surface area (Å²) in [6.45, 7) is 4.37. The van der Waals surface area contributed by atoms with Crippen LogP contribution in [-0.4, -0.2) is 62.3 Å². The number of amides is 1. The van der Waals surface area contributed by atoms with Gasteiger partial charge in [0.05, 0.1) is 10.8 Å². The summed E-state index contributed by atoms with van der Waals surface area (Å²) in [5, 5.41) is 0. The molecule has 8 heteroatoms. The summed E-state index contributed by atoms with van der Waals surface area (Å²) in [6, 6.07) is 5.37. The molecule has 158 valence electrons. The highest BCUT2D eigenvalue weighted by Gasteiger charge is 2.31. The van der Waals surface area contributed by atoms with Crippen LogP contribution in [0.25, 0.3) is 0 Å². The summed E-state index contributed by atoms with van der Waals surface area (Å²) in [5.41, 5.74) is 1.59. The van der Waals surface area contributed by atoms with E-state index in [9.17, 15) is 18.0 Å². The number of allylic oxidation sites excluding steroid dienone is 2. The molecule has 0 bridgehead atoms. The first-order valence-corrected chi connectivity index (χ1v) is 11.4. The van der Waals surface area contributed by atoms with E-state index in [2.05, 4.69) is 0 Å². The van der Waals surface area contributed by atoms with Crippen molar-refractivity contribution in [3.8, 4) is 0 Å². The Hall–Kier alpha value is -2.19. The van der Waals surface area contributed by atoms with E-state index in [0.29, 0.717) is 16.9 Å². The van der Waals surface area contributed by atoms with Crippen molar-refractivity contribution in [2.24, 2.45) is 5.92 Å². The van der Waals surface area contributed by atoms with Gasteiger partial charge < -0.3 is 9.64 Å². The number of nitrogens with zero attached hydrogens (tertiary/aromatic N) is 2. The summed E-state index contributed by atoms with van der Waals surface area (Å²) in [7, 11) is -3.60. The van der Waals surface area contributed by atoms with Crippen molar-refractivity contribution in [2.75, 3.05) is 32.8 Å². The van der Waals surface area contributed by atoms with Crippen LogP contribution < -0.4 is 0 Å². The van der Waals surface area contributed by atoms with E-state index in [-0.39, 0.29) is 50.6 Å². The van der Waals surface area contributed by atoms with Crippen LogP contribution in [0.2, 0.25) is 0 Å². The fourth-order valence-corrected chi connectivity index (χ4v) is 5.38. The van der Waals surface area contributed by atoms with Gasteiger partial charge in [-0.1, -0.05) is 24.3 Å². The molecule has 0 N–H and O–H groups in total. The average molecular weight is 421 g/mol. The molecule has 2 aliphatic rings. The molecule has 29 heavy (non-hydrogen) atoms. The van der Waals surface area contributed by atoms with Crippen molar-refractivity contribution in [3.05, 3.63) is 41.5 Å². The van der Waals surface area contributed by atoms with Gasteiger partial charge in [-0.2, -0.15) is 4.31 Å². The molecule has 0 aromatic heterocycles. The largest absolute Gasteiger partial charge is 0.455 e. The van der Waals surface area contributed by atoms with Gasteiger partial charge in [0.2, 0.25) is 10.0 Å². The molecule has 1 aliphatic carbocycles. The lowest BCUT2D eigenvalue weighted by atomic mass is 9.95. The molecule has 1 fully saturated rings. The van der Waals surface area contributed by atoms with E-state index in [1.807, 2.05) is 25.1 Å². The Labute approximate surface area is 172 Å². The molecule has 0 radical (unpaired) electrons. The van der Waals surface area contributed by atoms with E-state index in [1.54, 1.807) is 24.0 Å². The number of hydrogen-bond acceptors (Lipinski definition) is 5. The highest BCUT2D eigenvalue weighted by Crippen LogP contribution is 2.23. The van der Waals surface area contributed by atoms with Gasteiger partial charge in [0.15, 0.2) is 6.61 Å². The molecule has 1 aliphatic heterocycles. The molecule has 0 saturated carbocycles. The zero-order chi connectivity index (χ0) is 21.0. The molecule has 1 saturated heterocycles. The lowest BCUT2D eigenvalue weighted by molar-refractivity contribution is -0.156. The van der Waals surface area contributed by atoms with Crippen LogP contribution in [0.1, 0.15) is 30.4 Å². The number of aryl methyl sites for hydroxylation is 2. The van der Waals surface area contributed by atoms with Gasteiger partial charge in [-0.3, -0.25) is 9.59 Å². The molecule has 1 aromatic rings. The fourth-order valence-electron chi connectivity index (χ4n) is 3.65. The number of hydrogen-bond donors (Lipinski definition) is 0. The number of sulfonamides is 1. The molecule has 0 spiro atoms. The van der Waals surface area contributed by atoms with E-state index >= 15 is 0 Å². The maximum absolute atomic E-state index is 13.0. The Morgan fingerprint density at radius 1 is 1.10 bits per heavy atom. The van der Waals surface area contributed by atoms with Gasteiger partial charge in [-0.25, -0.2) is 8.42 Å². The van der Waals surface area contributed by atoms with Crippen molar-refractivity contribution in [1.82, 2.24) is 9.21 Å². The van der Waals surface area contributed by atoms with Gasteiger partial charge in [-0.05, 0) is 50.3 Å². The average Bonchev–Trinajstić information content (AvgIpc) is 2.74. The number of rotatable bonds is 5. The van der Waals surface area contributed by atoms with Crippen molar-refractivity contribution < 1.29 is 22.7 Å². The van der Waals surface area contributed by atoms with E-state index < -0.39 is 10.0 Å². The van der Waals surface area contributed by atoms with Gasteiger partial charge in [0.25, 0.3) is 5.91 Å². The summed E-state index contributed by atoms with van der Waals surface area (Å²) in [6.07, 6.45) is 6.26. The van der Waals surface area contributed by atoms with Crippen LogP contribution in [0, 0.1) is 19.8 Å². The molecule has 1 heterocycles. The molecule has 0 unspecified atom stereocenters. The fraction of sp³-hybridized carbons (Fsp3) is 0.524. The Bertz CT molecular complexity index is 902. The Balaban J connectivity index is 1.53. The maximum Gasteiger partial charge on any atom is 0.309 e. The van der Waals surface area contributed by atoms with Gasteiger partial charge >= 0.3 is 5.97 Å². The molecular formula is C21H28N2O5S. The van der Waals surface area contributed by atoms with Crippen LogP contribution in [0.3, 0.4) is 0 Å². The zero-order valence-electron chi connectivity index (χ0n) is 17.0. The first-order valence-electron chi connectivity index (χ1n) is 9.96. The van der Waals surface area contributed by atoms with Gasteiger partial charge in [-0.15, -0.1) is 0 Å². The quantitative estimate of drug-likeness (QED) is 0.538. The van der Waals surface area contributed by atoms with Crippen molar-refractivity contribution in [1.29, 1.82) is 0 Å². The number of esters is 1. The second-order valence-corrected chi connectivity index (χ2v) is 9.55. The summed E-state index contributed by atoms with van der Waals surface area (Å²) < 4.78 is 32.6. The normalized spacial score (nSPS) is 20.5. The van der Waals surface area contributed by atoms with Crippen LogP contribution in [0.4, 0.5) is 0 Å². The number of carbonyl (C=O) groups is 2. The maximum atomic E-state index is 13.0. The standard InChI is InChI=1S/C21H28N2O5S/c1-16-8-9-17(2)19(14-16)29(26,27)23-12-10-22(11-13-23)20(24)15-28-21(25)18-6-4-3-5-7-18/h3-4,8-9,14,18H,5-7,10-13,15H2,1-2H3/t18-/m1/s1. The van der Waals surface area contributed by atoms with E-state index in [4.69, 9.17) is 4.74 Å². The first-order chi connectivity index (χ1) is 13.8. The number of carbonyl (C=O) groups excluding carboxylic acids is 2. The van der Waals surface area contributed by atoms with Crippen LogP contribution >= 0.6 is 0 Å². The third-order valence-electron chi connectivity index (χ3n) is 5.49. The van der Waals surface area contributed by atoms with Gasteiger partial charge in [0.1, 0.15) is 0 Å². The highest BCUT2D eigenvalue weighted by atomic mass is 32.2. The van der Waals surface area contributed by atoms with E-state index in [1.165, 1.54) is 4.31 Å². The van der Waals surface area contributed by atoms with Crippen molar-refractivity contribution >= 4 is 21.9 Å². The summed E-state index contributed by atoms with van der Waals surface area (Å²) in [5.74, 6) is -0.792. The SMILES string of the molecule is Cc1ccc(C)c(S(=O)(=O)N2CCN(C(=O)COC(=O)[C@@H]3CC=CCC3)CC2)c1. The van der Waals surface area contributed by atoms with Gasteiger partial charge in [0, 0.05) is 26.2 Å². The number of benzene rings is 1. The predicted molar refractivity (Wildman–Crippen MR) is 109 cm³/mol. The second-order valence-electron chi connectivity index (χ2n) is 7.64. The predicted octanol–water partition coefficient (Wildman–Crippen LogP) is 2.04. The monoisotopic (exact) mass is 420 g/mol. The Morgan fingerprint density at radius 3 is 2.48 bits per heavy atom. The lowest BCUT2D eigenvalue weighted by Crippen LogP contribution is -2.51. The molecule has 7 nitrogen and oxygen atoms in total. The molecule has 1 aromatic carbocycles. The molecule has 1 amide bonds. The second kappa shape index (κ2) is 9.09. The third kappa shape index (κ3) is 5.05. The summed E-state index contributed by atoms with van der Waals surface area (Å²) in [4.78, 5) is 26.3. The minimum atomic E-state index is -3.60. The van der Waals surface area contributed by atoms with E-state index in [0.717, 1.165) is 18.4 Å². The van der Waals surface area contributed by atoms with Crippen LogP contribution in [-0.2, 0) is 24.3 Å². The smallest absolute Gasteiger partial charge is 0.309 e. The Morgan fingerprint density at radius 2 is 1.83 bits per heavy atom.